The van der Waals surface area contributed by atoms with Gasteiger partial charge in [0, 0.05) is 23.4 Å². The molecule has 1 aliphatic heterocycles. The van der Waals surface area contributed by atoms with E-state index in [0.29, 0.717) is 5.56 Å². The van der Waals surface area contributed by atoms with Crippen LogP contribution in [-0.2, 0) is 0 Å². The van der Waals surface area contributed by atoms with E-state index < -0.39 is 5.97 Å². The summed E-state index contributed by atoms with van der Waals surface area (Å²) in [6.07, 6.45) is 1.88. The van der Waals surface area contributed by atoms with Crippen molar-refractivity contribution in [1.82, 2.24) is 0 Å². The van der Waals surface area contributed by atoms with Crippen LogP contribution in [0.15, 0.2) is 29.3 Å². The predicted octanol–water partition coefficient (Wildman–Crippen LogP) is -2.36. The molecule has 15 heavy (non-hydrogen) atoms. The average molecular weight is 195 g/mol. The third-order valence-corrected chi connectivity index (χ3v) is 2.33. The average Bonchev–Trinajstić information content (AvgIpc) is 2.70. The standard InChI is InChI=1S/C11H11NO2.Li/c13-11(14)9-5-2-1-4-8(9)10-6-3-7-12-10;/h1-2,4-5H,3,6-7H2,(H,13,14);/q;+1/p-1. The predicted molar refractivity (Wildman–Crippen MR) is 51.4 cm³/mol. The van der Waals surface area contributed by atoms with Crippen LogP contribution in [-0.4, -0.2) is 18.2 Å². The molecule has 4 heteroatoms. The number of hydrogen-bond donors (Lipinski definition) is 0. The van der Waals surface area contributed by atoms with E-state index >= 15 is 0 Å². The molecule has 2 rings (SSSR count). The fraction of sp³-hybridized carbons (Fsp3) is 0.273. The van der Waals surface area contributed by atoms with Gasteiger partial charge in [0.1, 0.15) is 0 Å². The fourth-order valence-electron chi connectivity index (χ4n) is 1.67. The van der Waals surface area contributed by atoms with Crippen molar-refractivity contribution >= 4 is 11.7 Å². The Kier molecular flexibility index (Phi) is 4.13. The topological polar surface area (TPSA) is 52.5 Å². The first-order valence-electron chi connectivity index (χ1n) is 4.63. The van der Waals surface area contributed by atoms with E-state index in [2.05, 4.69) is 4.99 Å². The van der Waals surface area contributed by atoms with Gasteiger partial charge in [0.05, 0.1) is 5.97 Å². The number of carbonyl (C=O) groups is 1. The monoisotopic (exact) mass is 195 g/mol. The fourth-order valence-corrected chi connectivity index (χ4v) is 1.67. The third kappa shape index (κ3) is 2.50. The van der Waals surface area contributed by atoms with E-state index in [-0.39, 0.29) is 24.4 Å². The van der Waals surface area contributed by atoms with Gasteiger partial charge in [-0.05, 0) is 12.8 Å². The number of aromatic carboxylic acids is 1. The van der Waals surface area contributed by atoms with E-state index in [0.717, 1.165) is 25.1 Å². The molecule has 1 heterocycles. The first kappa shape index (κ1) is 12.0. The Morgan fingerprint density at radius 1 is 1.33 bits per heavy atom. The minimum Gasteiger partial charge on any atom is -0.545 e. The van der Waals surface area contributed by atoms with Gasteiger partial charge in [0.15, 0.2) is 0 Å². The van der Waals surface area contributed by atoms with Crippen molar-refractivity contribution < 1.29 is 28.8 Å². The maximum absolute atomic E-state index is 10.8. The number of nitrogens with zero attached hydrogens (tertiary/aromatic N) is 1. The maximum Gasteiger partial charge on any atom is 1.00 e. The van der Waals surface area contributed by atoms with Crippen LogP contribution in [0, 0.1) is 0 Å². The number of benzene rings is 1. The van der Waals surface area contributed by atoms with E-state index in [1.54, 1.807) is 18.2 Å². The SMILES string of the molecule is O=C([O-])c1ccccc1C1=NCCC1.[Li+]. The summed E-state index contributed by atoms with van der Waals surface area (Å²) in [6.45, 7) is 0.802. The Hall–Kier alpha value is -1.04. The molecule has 3 nitrogen and oxygen atoms in total. The molecule has 0 bridgehead atoms. The molecule has 1 aromatic carbocycles. The molecular formula is C11H10LiNO2. The van der Waals surface area contributed by atoms with Gasteiger partial charge in [0.25, 0.3) is 0 Å². The molecule has 1 aromatic rings. The molecule has 0 aliphatic carbocycles. The summed E-state index contributed by atoms with van der Waals surface area (Å²) >= 11 is 0. The Labute approximate surface area is 100 Å². The molecule has 0 amide bonds. The van der Waals surface area contributed by atoms with Crippen LogP contribution in [0.1, 0.15) is 28.8 Å². The Bertz CT molecular complexity index is 401. The normalized spacial score (nSPS) is 14.3. The smallest absolute Gasteiger partial charge is 0.545 e. The second kappa shape index (κ2) is 5.16. The Morgan fingerprint density at radius 3 is 2.67 bits per heavy atom. The summed E-state index contributed by atoms with van der Waals surface area (Å²) in [5.41, 5.74) is 1.85. The van der Waals surface area contributed by atoms with Crippen LogP contribution in [0.3, 0.4) is 0 Å². The van der Waals surface area contributed by atoms with Crippen molar-refractivity contribution in [3.05, 3.63) is 35.4 Å². The second-order valence-corrected chi connectivity index (χ2v) is 3.27. The first-order chi connectivity index (χ1) is 6.79. The minimum atomic E-state index is -1.13. The zero-order valence-electron chi connectivity index (χ0n) is 8.69. The second-order valence-electron chi connectivity index (χ2n) is 3.27. The summed E-state index contributed by atoms with van der Waals surface area (Å²) in [7, 11) is 0. The summed E-state index contributed by atoms with van der Waals surface area (Å²) < 4.78 is 0. The maximum atomic E-state index is 10.8. The number of carboxylic acids is 1. The third-order valence-electron chi connectivity index (χ3n) is 2.33. The molecule has 0 saturated carbocycles. The molecular weight excluding hydrogens is 185 g/mol. The van der Waals surface area contributed by atoms with Crippen LogP contribution in [0.5, 0.6) is 0 Å². The molecule has 72 valence electrons. The molecule has 0 spiro atoms. The van der Waals surface area contributed by atoms with Crippen molar-refractivity contribution in [2.75, 3.05) is 6.54 Å². The van der Waals surface area contributed by atoms with Gasteiger partial charge in [-0.2, -0.15) is 0 Å². The van der Waals surface area contributed by atoms with Crippen LogP contribution in [0.2, 0.25) is 0 Å². The summed E-state index contributed by atoms with van der Waals surface area (Å²) in [4.78, 5) is 15.1. The van der Waals surface area contributed by atoms with Crippen LogP contribution < -0.4 is 24.0 Å². The number of rotatable bonds is 2. The van der Waals surface area contributed by atoms with Gasteiger partial charge < -0.3 is 9.90 Å². The van der Waals surface area contributed by atoms with E-state index in [1.807, 2.05) is 6.07 Å². The van der Waals surface area contributed by atoms with E-state index in [9.17, 15) is 9.90 Å². The molecule has 0 fully saturated rings. The van der Waals surface area contributed by atoms with Crippen LogP contribution >= 0.6 is 0 Å². The quantitative estimate of drug-likeness (QED) is 0.495. The van der Waals surface area contributed by atoms with Gasteiger partial charge in [0.2, 0.25) is 0 Å². The van der Waals surface area contributed by atoms with Crippen molar-refractivity contribution in [2.45, 2.75) is 12.8 Å². The molecule has 1 aliphatic rings. The molecule has 0 radical (unpaired) electrons. The first-order valence-corrected chi connectivity index (χ1v) is 4.63. The molecule has 0 aromatic heterocycles. The number of hydrogen-bond acceptors (Lipinski definition) is 3. The summed E-state index contributed by atoms with van der Waals surface area (Å²) in [5, 5.41) is 10.8. The Balaban J connectivity index is 0.00000112. The van der Waals surface area contributed by atoms with E-state index in [4.69, 9.17) is 0 Å². The van der Waals surface area contributed by atoms with Gasteiger partial charge in [-0.1, -0.05) is 24.3 Å². The number of carboxylic acid groups (broad SMARTS) is 1. The van der Waals surface area contributed by atoms with Gasteiger partial charge in [-0.25, -0.2) is 0 Å². The van der Waals surface area contributed by atoms with Crippen molar-refractivity contribution in [3.8, 4) is 0 Å². The number of carbonyl (C=O) groups excluding carboxylic acids is 1. The minimum absolute atomic E-state index is 0. The molecule has 0 saturated heterocycles. The van der Waals surface area contributed by atoms with Crippen LogP contribution in [0.4, 0.5) is 0 Å². The molecule has 0 unspecified atom stereocenters. The van der Waals surface area contributed by atoms with Crippen molar-refractivity contribution in [2.24, 2.45) is 4.99 Å². The Morgan fingerprint density at radius 2 is 2.07 bits per heavy atom. The van der Waals surface area contributed by atoms with E-state index in [1.165, 1.54) is 0 Å². The van der Waals surface area contributed by atoms with Crippen molar-refractivity contribution in [3.63, 3.8) is 0 Å². The van der Waals surface area contributed by atoms with Gasteiger partial charge in [-0.3, -0.25) is 4.99 Å². The summed E-state index contributed by atoms with van der Waals surface area (Å²) in [5.74, 6) is -1.13. The van der Waals surface area contributed by atoms with Crippen molar-refractivity contribution in [1.29, 1.82) is 0 Å². The zero-order chi connectivity index (χ0) is 9.97. The zero-order valence-corrected chi connectivity index (χ0v) is 8.69. The molecule has 0 N–H and O–H groups in total. The van der Waals surface area contributed by atoms with Gasteiger partial charge in [-0.15, -0.1) is 0 Å². The summed E-state index contributed by atoms with van der Waals surface area (Å²) in [6, 6.07) is 6.87. The number of aliphatic imine (C=N–C) groups is 1. The molecule has 0 atom stereocenters. The van der Waals surface area contributed by atoms with Gasteiger partial charge >= 0.3 is 18.9 Å². The van der Waals surface area contributed by atoms with Crippen LogP contribution in [0.25, 0.3) is 0 Å². The largest absolute Gasteiger partial charge is 1.00 e.